The number of nitrogens with zero attached hydrogens (tertiary/aromatic N) is 2. The molecule has 90 valence electrons. The summed E-state index contributed by atoms with van der Waals surface area (Å²) in [5, 5.41) is 3.29. The van der Waals surface area contributed by atoms with Crippen molar-refractivity contribution >= 4 is 5.82 Å². The first-order chi connectivity index (χ1) is 8.28. The minimum atomic E-state index is 0.810. The van der Waals surface area contributed by atoms with Gasteiger partial charge in [0, 0.05) is 24.7 Å². The second kappa shape index (κ2) is 5.48. The first kappa shape index (κ1) is 11.6. The molecule has 0 aromatic carbocycles. The summed E-state index contributed by atoms with van der Waals surface area (Å²) in [6.07, 6.45) is 3.48. The Morgan fingerprint density at radius 1 is 1.35 bits per heavy atom. The van der Waals surface area contributed by atoms with Gasteiger partial charge in [0.2, 0.25) is 0 Å². The van der Waals surface area contributed by atoms with E-state index < -0.39 is 0 Å². The van der Waals surface area contributed by atoms with Crippen molar-refractivity contribution in [3.63, 3.8) is 0 Å². The third-order valence-corrected chi connectivity index (χ3v) is 2.51. The van der Waals surface area contributed by atoms with E-state index in [1.807, 2.05) is 25.1 Å². The van der Waals surface area contributed by atoms with Crippen LogP contribution >= 0.6 is 0 Å². The minimum absolute atomic E-state index is 0.810. The molecule has 0 unspecified atom stereocenters. The quantitative estimate of drug-likeness (QED) is 0.859. The maximum atomic E-state index is 5.27. The second-order valence-corrected chi connectivity index (χ2v) is 3.90. The van der Waals surface area contributed by atoms with Gasteiger partial charge in [0.1, 0.15) is 17.4 Å². The van der Waals surface area contributed by atoms with Crippen LogP contribution in [0.1, 0.15) is 24.2 Å². The number of rotatable bonds is 5. The van der Waals surface area contributed by atoms with Crippen LogP contribution in [0.5, 0.6) is 0 Å². The summed E-state index contributed by atoms with van der Waals surface area (Å²) in [6.45, 7) is 4.82. The predicted octanol–water partition coefficient (Wildman–Crippen LogP) is 2.60. The number of aryl methyl sites for hydroxylation is 2. The lowest BCUT2D eigenvalue weighted by Crippen LogP contribution is -2.08. The largest absolute Gasteiger partial charge is 0.469 e. The lowest BCUT2D eigenvalue weighted by atomic mass is 10.3. The summed E-state index contributed by atoms with van der Waals surface area (Å²) in [4.78, 5) is 8.69. The van der Waals surface area contributed by atoms with Gasteiger partial charge in [0.05, 0.1) is 6.26 Å². The maximum absolute atomic E-state index is 5.27. The summed E-state index contributed by atoms with van der Waals surface area (Å²) in [6, 6.07) is 5.87. The Hall–Kier alpha value is -1.84. The maximum Gasteiger partial charge on any atom is 0.129 e. The predicted molar refractivity (Wildman–Crippen MR) is 67.0 cm³/mol. The molecule has 0 aliphatic heterocycles. The van der Waals surface area contributed by atoms with E-state index in [4.69, 9.17) is 4.42 Å². The molecule has 0 amide bonds. The molecular weight excluding hydrogens is 214 g/mol. The molecule has 1 N–H and O–H groups in total. The second-order valence-electron chi connectivity index (χ2n) is 3.90. The van der Waals surface area contributed by atoms with Crippen LogP contribution in [0.3, 0.4) is 0 Å². The van der Waals surface area contributed by atoms with Gasteiger partial charge in [-0.1, -0.05) is 6.92 Å². The standard InChI is InChI=1S/C13H17N3O/c1-3-11-9-13(16-10(2)15-11)14-7-6-12-5-4-8-17-12/h4-5,8-9H,3,6-7H2,1-2H3,(H,14,15,16). The van der Waals surface area contributed by atoms with Gasteiger partial charge in [-0.15, -0.1) is 0 Å². The summed E-state index contributed by atoms with van der Waals surface area (Å²) < 4.78 is 5.27. The Morgan fingerprint density at radius 2 is 2.24 bits per heavy atom. The van der Waals surface area contributed by atoms with Gasteiger partial charge in [0.25, 0.3) is 0 Å². The number of anilines is 1. The normalized spacial score (nSPS) is 10.5. The van der Waals surface area contributed by atoms with E-state index in [0.29, 0.717) is 0 Å². The fourth-order valence-electron chi connectivity index (χ4n) is 1.67. The molecule has 0 saturated heterocycles. The molecule has 0 fully saturated rings. The molecular formula is C13H17N3O. The van der Waals surface area contributed by atoms with Gasteiger partial charge < -0.3 is 9.73 Å². The Bertz CT molecular complexity index is 466. The van der Waals surface area contributed by atoms with Crippen LogP contribution in [0.15, 0.2) is 28.9 Å². The molecule has 4 nitrogen and oxygen atoms in total. The summed E-state index contributed by atoms with van der Waals surface area (Å²) in [7, 11) is 0. The highest BCUT2D eigenvalue weighted by atomic mass is 16.3. The van der Waals surface area contributed by atoms with Crippen molar-refractivity contribution in [2.75, 3.05) is 11.9 Å². The number of hydrogen-bond donors (Lipinski definition) is 1. The Labute approximate surface area is 101 Å². The molecule has 2 aromatic rings. The zero-order chi connectivity index (χ0) is 12.1. The van der Waals surface area contributed by atoms with Crippen molar-refractivity contribution < 1.29 is 4.42 Å². The molecule has 17 heavy (non-hydrogen) atoms. The molecule has 0 atom stereocenters. The number of hydrogen-bond acceptors (Lipinski definition) is 4. The van der Waals surface area contributed by atoms with Crippen molar-refractivity contribution in [3.8, 4) is 0 Å². The Kier molecular flexibility index (Phi) is 3.75. The summed E-state index contributed by atoms with van der Waals surface area (Å²) in [5.41, 5.74) is 1.07. The van der Waals surface area contributed by atoms with Crippen molar-refractivity contribution in [1.82, 2.24) is 9.97 Å². The molecule has 0 bridgehead atoms. The molecule has 2 aromatic heterocycles. The summed E-state index contributed by atoms with van der Waals surface area (Å²) in [5.74, 6) is 2.68. The lowest BCUT2D eigenvalue weighted by Gasteiger charge is -2.06. The van der Waals surface area contributed by atoms with Crippen molar-refractivity contribution in [2.45, 2.75) is 26.7 Å². The van der Waals surface area contributed by atoms with Crippen molar-refractivity contribution in [1.29, 1.82) is 0 Å². The van der Waals surface area contributed by atoms with Gasteiger partial charge in [-0.05, 0) is 25.5 Å². The van der Waals surface area contributed by atoms with Crippen LogP contribution in [0.25, 0.3) is 0 Å². The molecule has 4 heteroatoms. The van der Waals surface area contributed by atoms with E-state index in [9.17, 15) is 0 Å². The smallest absolute Gasteiger partial charge is 0.129 e. The van der Waals surface area contributed by atoms with Gasteiger partial charge >= 0.3 is 0 Å². The van der Waals surface area contributed by atoms with Crippen LogP contribution in [-0.2, 0) is 12.8 Å². The monoisotopic (exact) mass is 231 g/mol. The molecule has 0 saturated carbocycles. The van der Waals surface area contributed by atoms with E-state index in [0.717, 1.165) is 42.5 Å². The highest BCUT2D eigenvalue weighted by Crippen LogP contribution is 2.08. The zero-order valence-electron chi connectivity index (χ0n) is 10.2. The third kappa shape index (κ3) is 3.31. The molecule has 0 aliphatic carbocycles. The van der Waals surface area contributed by atoms with Gasteiger partial charge in [-0.25, -0.2) is 9.97 Å². The van der Waals surface area contributed by atoms with E-state index in [2.05, 4.69) is 22.2 Å². The number of aromatic nitrogens is 2. The van der Waals surface area contributed by atoms with Crippen LogP contribution in [0.4, 0.5) is 5.82 Å². The number of nitrogens with one attached hydrogen (secondary N) is 1. The van der Waals surface area contributed by atoms with E-state index in [1.165, 1.54) is 0 Å². The fourth-order valence-corrected chi connectivity index (χ4v) is 1.67. The zero-order valence-corrected chi connectivity index (χ0v) is 10.2. The van der Waals surface area contributed by atoms with Crippen LogP contribution in [0, 0.1) is 6.92 Å². The lowest BCUT2D eigenvalue weighted by molar-refractivity contribution is 0.513. The topological polar surface area (TPSA) is 51.0 Å². The molecule has 0 aliphatic rings. The van der Waals surface area contributed by atoms with Crippen LogP contribution in [0.2, 0.25) is 0 Å². The van der Waals surface area contributed by atoms with E-state index in [-0.39, 0.29) is 0 Å². The van der Waals surface area contributed by atoms with Gasteiger partial charge in [0.15, 0.2) is 0 Å². The fraction of sp³-hybridized carbons (Fsp3) is 0.385. The molecule has 0 spiro atoms. The Balaban J connectivity index is 1.92. The van der Waals surface area contributed by atoms with Crippen molar-refractivity contribution in [3.05, 3.63) is 41.7 Å². The van der Waals surface area contributed by atoms with E-state index >= 15 is 0 Å². The summed E-state index contributed by atoms with van der Waals surface area (Å²) >= 11 is 0. The minimum Gasteiger partial charge on any atom is -0.469 e. The van der Waals surface area contributed by atoms with Crippen LogP contribution < -0.4 is 5.32 Å². The number of furan rings is 1. The molecule has 0 radical (unpaired) electrons. The van der Waals surface area contributed by atoms with Gasteiger partial charge in [-0.2, -0.15) is 0 Å². The molecule has 2 heterocycles. The van der Waals surface area contributed by atoms with E-state index in [1.54, 1.807) is 6.26 Å². The molecule has 2 rings (SSSR count). The highest BCUT2D eigenvalue weighted by molar-refractivity contribution is 5.36. The van der Waals surface area contributed by atoms with Crippen molar-refractivity contribution in [2.24, 2.45) is 0 Å². The highest BCUT2D eigenvalue weighted by Gasteiger charge is 2.01. The third-order valence-electron chi connectivity index (χ3n) is 2.51. The Morgan fingerprint density at radius 3 is 2.94 bits per heavy atom. The first-order valence-corrected chi connectivity index (χ1v) is 5.88. The first-order valence-electron chi connectivity index (χ1n) is 5.88. The van der Waals surface area contributed by atoms with Crippen LogP contribution in [-0.4, -0.2) is 16.5 Å². The van der Waals surface area contributed by atoms with Gasteiger partial charge in [-0.3, -0.25) is 0 Å². The average Bonchev–Trinajstić information content (AvgIpc) is 2.81. The average molecular weight is 231 g/mol. The SMILES string of the molecule is CCc1cc(NCCc2ccco2)nc(C)n1.